The normalized spacial score (nSPS) is 10.4. The summed E-state index contributed by atoms with van der Waals surface area (Å²) in [6.07, 6.45) is 1.38. The minimum Gasteiger partial charge on any atom is -0.318 e. The Bertz CT molecular complexity index is 808. The van der Waals surface area contributed by atoms with Gasteiger partial charge in [-0.15, -0.1) is 0 Å². The van der Waals surface area contributed by atoms with Gasteiger partial charge >= 0.3 is 5.69 Å². The largest absolute Gasteiger partial charge is 0.331 e. The molecule has 1 aromatic heterocycles. The molecule has 0 radical (unpaired) electrons. The van der Waals surface area contributed by atoms with Crippen LogP contribution in [0.15, 0.2) is 40.1 Å². The zero-order valence-electron chi connectivity index (χ0n) is 11.1. The topological polar surface area (TPSA) is 125 Å². The molecule has 9 heteroatoms. The van der Waals surface area contributed by atoms with Crippen molar-refractivity contribution in [2.75, 3.05) is 5.43 Å². The molecule has 21 heavy (non-hydrogen) atoms. The van der Waals surface area contributed by atoms with E-state index in [1.807, 2.05) is 0 Å². The fourth-order valence-electron chi connectivity index (χ4n) is 1.90. The summed E-state index contributed by atoms with van der Waals surface area (Å²) < 4.78 is 2.30. The molecule has 1 aromatic carbocycles. The molecule has 0 atom stereocenters. The Kier molecular flexibility index (Phi) is 3.85. The van der Waals surface area contributed by atoms with Crippen LogP contribution in [0.1, 0.15) is 5.56 Å². The summed E-state index contributed by atoms with van der Waals surface area (Å²) in [6, 6.07) is 5.44. The smallest absolute Gasteiger partial charge is 0.318 e. The van der Waals surface area contributed by atoms with E-state index < -0.39 is 16.2 Å². The monoisotopic (exact) mass is 291 g/mol. The number of hydrazine groups is 1. The van der Waals surface area contributed by atoms with Crippen molar-refractivity contribution in [3.8, 4) is 0 Å². The first kappa shape index (κ1) is 14.5. The van der Waals surface area contributed by atoms with Gasteiger partial charge in [0, 0.05) is 25.4 Å². The summed E-state index contributed by atoms with van der Waals surface area (Å²) in [6.45, 7) is -0.000971. The van der Waals surface area contributed by atoms with Crippen LogP contribution in [0.4, 0.5) is 11.4 Å². The van der Waals surface area contributed by atoms with Crippen LogP contribution in [0.25, 0.3) is 0 Å². The molecule has 0 unspecified atom stereocenters. The maximum absolute atomic E-state index is 11.9. The summed E-state index contributed by atoms with van der Waals surface area (Å²) >= 11 is 0. The molecule has 0 fully saturated rings. The molecule has 0 aliphatic rings. The lowest BCUT2D eigenvalue weighted by Gasteiger charge is -2.08. The number of nitrogens with one attached hydrogen (secondary N) is 1. The van der Waals surface area contributed by atoms with E-state index in [9.17, 15) is 19.7 Å². The third-order valence-electron chi connectivity index (χ3n) is 2.99. The number of aryl methyl sites for hydroxylation is 1. The van der Waals surface area contributed by atoms with Crippen LogP contribution in [0.5, 0.6) is 0 Å². The van der Waals surface area contributed by atoms with Gasteiger partial charge in [0.2, 0.25) is 0 Å². The first-order valence-electron chi connectivity index (χ1n) is 5.94. The van der Waals surface area contributed by atoms with Crippen LogP contribution in [0, 0.1) is 10.1 Å². The number of nitro benzene ring substituents is 1. The molecule has 0 amide bonds. The fraction of sp³-hybridized carbons (Fsp3) is 0.167. The molecular formula is C12H13N5O4. The second-order valence-corrected chi connectivity index (χ2v) is 4.39. The Hall–Kier alpha value is -2.94. The third kappa shape index (κ3) is 2.82. The van der Waals surface area contributed by atoms with Gasteiger partial charge in [-0.2, -0.15) is 0 Å². The number of nitrogens with two attached hydrogens (primary N) is 1. The Morgan fingerprint density at radius 1 is 1.33 bits per heavy atom. The van der Waals surface area contributed by atoms with Crippen molar-refractivity contribution in [2.45, 2.75) is 6.54 Å². The summed E-state index contributed by atoms with van der Waals surface area (Å²) in [5.41, 5.74) is 1.78. The fourth-order valence-corrected chi connectivity index (χ4v) is 1.90. The van der Waals surface area contributed by atoms with E-state index >= 15 is 0 Å². The standard InChI is InChI=1S/C12H13N5O4/c1-15-5-4-11(18)16(12(15)19)7-8-2-3-10(17(20)21)9(6-8)14-13/h2-6,14H,7,13H2,1H3. The number of aromatic nitrogens is 2. The molecule has 0 aliphatic carbocycles. The number of rotatable bonds is 4. The Morgan fingerprint density at radius 3 is 2.67 bits per heavy atom. The lowest BCUT2D eigenvalue weighted by molar-refractivity contribution is -0.384. The number of nitro groups is 1. The van der Waals surface area contributed by atoms with E-state index in [-0.39, 0.29) is 17.9 Å². The van der Waals surface area contributed by atoms with Crippen LogP contribution < -0.4 is 22.5 Å². The van der Waals surface area contributed by atoms with Gasteiger partial charge in [-0.3, -0.25) is 25.3 Å². The first-order valence-corrected chi connectivity index (χ1v) is 5.94. The van der Waals surface area contributed by atoms with Crippen LogP contribution in [-0.2, 0) is 13.6 Å². The molecule has 2 aromatic rings. The van der Waals surface area contributed by atoms with Crippen molar-refractivity contribution < 1.29 is 4.92 Å². The van der Waals surface area contributed by atoms with E-state index in [1.54, 1.807) is 0 Å². The van der Waals surface area contributed by atoms with Crippen molar-refractivity contribution in [2.24, 2.45) is 12.9 Å². The molecule has 0 aliphatic heterocycles. The summed E-state index contributed by atoms with van der Waals surface area (Å²) in [5.74, 6) is 5.25. The van der Waals surface area contributed by atoms with Crippen molar-refractivity contribution >= 4 is 11.4 Å². The SMILES string of the molecule is Cn1ccc(=O)n(Cc2ccc([N+](=O)[O-])c(NN)c2)c1=O. The van der Waals surface area contributed by atoms with Gasteiger partial charge in [0.1, 0.15) is 5.69 Å². The first-order chi connectivity index (χ1) is 9.93. The average molecular weight is 291 g/mol. The quantitative estimate of drug-likeness (QED) is 0.456. The Balaban J connectivity index is 2.46. The highest BCUT2D eigenvalue weighted by molar-refractivity contribution is 5.62. The van der Waals surface area contributed by atoms with E-state index in [2.05, 4.69) is 5.43 Å². The molecule has 1 heterocycles. The van der Waals surface area contributed by atoms with Crippen molar-refractivity contribution in [1.29, 1.82) is 0 Å². The maximum atomic E-state index is 11.9. The number of nitrogens with zero attached hydrogens (tertiary/aromatic N) is 3. The summed E-state index contributed by atoms with van der Waals surface area (Å²) in [5, 5.41) is 10.8. The molecule has 0 spiro atoms. The second-order valence-electron chi connectivity index (χ2n) is 4.39. The molecule has 0 saturated carbocycles. The van der Waals surface area contributed by atoms with Gasteiger partial charge in [-0.05, 0) is 11.6 Å². The zero-order valence-corrected chi connectivity index (χ0v) is 11.1. The molecule has 9 nitrogen and oxygen atoms in total. The van der Waals surface area contributed by atoms with E-state index in [0.717, 1.165) is 4.57 Å². The second kappa shape index (κ2) is 5.59. The molecule has 0 saturated heterocycles. The van der Waals surface area contributed by atoms with E-state index in [1.165, 1.54) is 42.1 Å². The van der Waals surface area contributed by atoms with Crippen molar-refractivity contribution in [1.82, 2.24) is 9.13 Å². The molecule has 110 valence electrons. The number of benzene rings is 1. The Morgan fingerprint density at radius 2 is 2.05 bits per heavy atom. The summed E-state index contributed by atoms with van der Waals surface area (Å²) in [7, 11) is 1.53. The van der Waals surface area contributed by atoms with Crippen LogP contribution >= 0.6 is 0 Å². The predicted octanol–water partition coefficient (Wildman–Crippen LogP) is -0.211. The lowest BCUT2D eigenvalue weighted by atomic mass is 10.1. The Labute approximate surface area is 118 Å². The maximum Gasteiger partial charge on any atom is 0.331 e. The molecular weight excluding hydrogens is 278 g/mol. The van der Waals surface area contributed by atoms with Crippen molar-refractivity contribution in [3.05, 3.63) is 67.0 Å². The van der Waals surface area contributed by atoms with Gasteiger partial charge in [-0.1, -0.05) is 6.07 Å². The van der Waals surface area contributed by atoms with Gasteiger partial charge in [0.25, 0.3) is 11.2 Å². The third-order valence-corrected chi connectivity index (χ3v) is 2.99. The highest BCUT2D eigenvalue weighted by atomic mass is 16.6. The molecule has 3 N–H and O–H groups in total. The minimum absolute atomic E-state index is 0.000971. The van der Waals surface area contributed by atoms with E-state index in [4.69, 9.17) is 5.84 Å². The summed E-state index contributed by atoms with van der Waals surface area (Å²) in [4.78, 5) is 33.9. The minimum atomic E-state index is -0.577. The lowest BCUT2D eigenvalue weighted by Crippen LogP contribution is -2.38. The van der Waals surface area contributed by atoms with Crippen LogP contribution in [-0.4, -0.2) is 14.1 Å². The number of anilines is 1. The number of hydrogen-bond donors (Lipinski definition) is 2. The number of hydrogen-bond acceptors (Lipinski definition) is 6. The zero-order chi connectivity index (χ0) is 15.6. The molecule has 2 rings (SSSR count). The van der Waals surface area contributed by atoms with Crippen molar-refractivity contribution in [3.63, 3.8) is 0 Å². The predicted molar refractivity (Wildman–Crippen MR) is 76.0 cm³/mol. The highest BCUT2D eigenvalue weighted by Gasteiger charge is 2.14. The average Bonchev–Trinajstić information content (AvgIpc) is 2.47. The van der Waals surface area contributed by atoms with Gasteiger partial charge < -0.3 is 9.99 Å². The molecule has 0 bridgehead atoms. The number of nitrogen functional groups attached to an aromatic ring is 1. The van der Waals surface area contributed by atoms with Gasteiger partial charge in [-0.25, -0.2) is 4.79 Å². The van der Waals surface area contributed by atoms with Crippen LogP contribution in [0.2, 0.25) is 0 Å². The van der Waals surface area contributed by atoms with E-state index in [0.29, 0.717) is 5.56 Å². The van der Waals surface area contributed by atoms with Gasteiger partial charge in [0.05, 0.1) is 11.5 Å². The highest BCUT2D eigenvalue weighted by Crippen LogP contribution is 2.24. The van der Waals surface area contributed by atoms with Crippen LogP contribution in [0.3, 0.4) is 0 Å². The van der Waals surface area contributed by atoms with Gasteiger partial charge in [0.15, 0.2) is 0 Å².